The van der Waals surface area contributed by atoms with E-state index in [-0.39, 0.29) is 149 Å². The number of anilines is 2. The molecule has 33 nitrogen and oxygen atoms in total. The van der Waals surface area contributed by atoms with Crippen molar-refractivity contribution in [2.45, 2.75) is 162 Å². The second-order valence-corrected chi connectivity index (χ2v) is 28.2. The molecule has 5 aromatic heterocycles. The zero-order valence-corrected chi connectivity index (χ0v) is 62.0. The fourth-order valence-corrected chi connectivity index (χ4v) is 14.9. The second-order valence-electron chi connectivity index (χ2n) is 27.0. The largest absolute Gasteiger partial charge is 0.492 e. The van der Waals surface area contributed by atoms with Crippen molar-refractivity contribution in [2.24, 2.45) is 0 Å². The third-order valence-electron chi connectivity index (χ3n) is 20.0. The molecule has 4 aliphatic rings. The Morgan fingerprint density at radius 2 is 1.55 bits per heavy atom. The molecule has 2 atom stereocenters. The molecule has 6 amide bonds. The van der Waals surface area contributed by atoms with Crippen molar-refractivity contribution in [3.63, 3.8) is 0 Å². The number of hydrogen-bond donors (Lipinski definition) is 7. The summed E-state index contributed by atoms with van der Waals surface area (Å²) in [6, 6.07) is 12.5. The number of pyridine rings is 2. The number of nitrogen functional groups attached to an aromatic ring is 1. The number of hydrogen-bond acceptors (Lipinski definition) is 25. The number of carboxylic acids is 1. The predicted molar refractivity (Wildman–Crippen MR) is 397 cm³/mol. The van der Waals surface area contributed by atoms with Crippen LogP contribution < -0.4 is 37.3 Å². The van der Waals surface area contributed by atoms with Crippen LogP contribution in [0.4, 0.5) is 16.4 Å². The van der Waals surface area contributed by atoms with Gasteiger partial charge in [0.05, 0.1) is 53.1 Å². The van der Waals surface area contributed by atoms with Crippen molar-refractivity contribution in [3.05, 3.63) is 110 Å². The quantitative estimate of drug-likeness (QED) is 0.0206. The molecule has 2 aromatic carbocycles. The molecule has 0 bridgehead atoms. The summed E-state index contributed by atoms with van der Waals surface area (Å²) in [6.45, 7) is 11.8. The van der Waals surface area contributed by atoms with E-state index in [0.29, 0.717) is 96.2 Å². The van der Waals surface area contributed by atoms with E-state index in [1.807, 2.05) is 13.0 Å². The molecule has 108 heavy (non-hydrogen) atoms. The monoisotopic (exact) mass is 1500 g/mol. The van der Waals surface area contributed by atoms with E-state index < -0.39 is 59.3 Å². The maximum absolute atomic E-state index is 14.5. The van der Waals surface area contributed by atoms with Crippen LogP contribution in [-0.2, 0) is 87.7 Å². The molecule has 1 unspecified atom stereocenters. The minimum absolute atomic E-state index is 0.0524. The number of cyclic esters (lactones) is 1. The lowest BCUT2D eigenvalue weighted by atomic mass is 9.85. The number of aliphatic carboxylic acids is 1. The number of aryl methyl sites for hydroxylation is 2. The number of aromatic hydroxyl groups is 1. The van der Waals surface area contributed by atoms with Gasteiger partial charge in [-0.15, -0.1) is 5.10 Å². The zero-order valence-electron chi connectivity index (χ0n) is 61.1. The summed E-state index contributed by atoms with van der Waals surface area (Å²) in [5, 5.41) is 40.3. The van der Waals surface area contributed by atoms with Gasteiger partial charge in [-0.25, -0.2) is 38.8 Å². The Kier molecular flexibility index (Phi) is 26.2. The fraction of sp³-hybridized carbons (Fsp3) is 0.500. The first-order valence-corrected chi connectivity index (χ1v) is 38.1. The molecule has 9 heterocycles. The number of piperidine rings is 2. The van der Waals surface area contributed by atoms with Crippen LogP contribution >= 0.6 is 11.8 Å². The summed E-state index contributed by atoms with van der Waals surface area (Å²) < 4.78 is 20.5. The summed E-state index contributed by atoms with van der Waals surface area (Å²) in [7, 11) is 0. The van der Waals surface area contributed by atoms with Gasteiger partial charge >= 0.3 is 24.0 Å². The van der Waals surface area contributed by atoms with Gasteiger partial charge in [0.15, 0.2) is 11.2 Å². The molecule has 574 valence electrons. The number of nitrogens with zero attached hydrogens (tertiary/aromatic N) is 13. The first-order chi connectivity index (χ1) is 52.1. The van der Waals surface area contributed by atoms with Crippen molar-refractivity contribution in [3.8, 4) is 23.0 Å². The van der Waals surface area contributed by atoms with Crippen LogP contribution in [0.15, 0.2) is 65.7 Å². The van der Waals surface area contributed by atoms with Gasteiger partial charge in [-0.2, -0.15) is 21.7 Å². The van der Waals surface area contributed by atoms with Gasteiger partial charge in [0.25, 0.3) is 11.5 Å². The molecule has 0 aliphatic carbocycles. The van der Waals surface area contributed by atoms with E-state index in [9.17, 15) is 58.2 Å². The number of rotatable bonds is 34. The summed E-state index contributed by atoms with van der Waals surface area (Å²) in [5.41, 5.74) is 8.97. The number of fused-ring (bicyclic) bond motifs is 6. The number of benzene rings is 2. The highest BCUT2D eigenvalue weighted by molar-refractivity contribution is 7.99. The first-order valence-electron chi connectivity index (χ1n) is 36.9. The fourth-order valence-electron chi connectivity index (χ4n) is 14.1. The van der Waals surface area contributed by atoms with Crippen LogP contribution in [0.1, 0.15) is 149 Å². The number of nitrogens with one attached hydrogen (secondary N) is 4. The van der Waals surface area contributed by atoms with Crippen molar-refractivity contribution >= 4 is 99.0 Å². The number of carbonyl (C=O) groups is 9. The lowest BCUT2D eigenvalue weighted by molar-refractivity contribution is -0.190. The lowest BCUT2D eigenvalue weighted by Gasteiger charge is -2.39. The summed E-state index contributed by atoms with van der Waals surface area (Å²) in [5.74, 6) is -3.64. The minimum atomic E-state index is -1.97. The molecule has 0 saturated carbocycles. The molecule has 4 aliphatic heterocycles. The Bertz CT molecular complexity index is 4560. The van der Waals surface area contributed by atoms with Crippen LogP contribution in [0, 0.1) is 0 Å². The molecular formula is C74H92N18O15S. The molecule has 34 heteroatoms. The number of nitrogens with two attached hydrogens (primary N) is 1. The third kappa shape index (κ3) is 18.9. The van der Waals surface area contributed by atoms with Gasteiger partial charge in [-0.3, -0.25) is 28.8 Å². The standard InChI is InChI=1S/C74H92N18O15S/c1-5-51-52-37-50(106-73(104)90-29-23-49(24-30-90)87-27-10-9-11-28-87)19-20-56(52)81-64-53(51)42-92-58(64)38-55-54(69(92)100)44-105-71(103)74(55,8-4)107-63(97)43-91-41-47(85-86-91)13-12-14-59(93)76-25-31-88(61(95)6-2)32-33-89(62(96)7-3)34-36-108-35-26-77-60(94)22-21-57(70(101)102)82-67(98)45-15-17-46(18-16-45)78-39-48-40-79-66-65(80-48)68(99)84-72(75)83-66/h15-20,37-38,40-41,49,57,78H,5-14,21-36,39,42-44H2,1-4H3,(H,76,93)(H,77,94)(H,82,98)(H,101,102)(H3,75,79,83,84,99)/t57?,74-/m0/s1. The Morgan fingerprint density at radius 3 is 2.27 bits per heavy atom. The highest BCUT2D eigenvalue weighted by atomic mass is 32.2. The van der Waals surface area contributed by atoms with Crippen LogP contribution in [0.3, 0.4) is 0 Å². The SMILES string of the molecule is CCC(=O)N(CCNC(=O)CCCc1cn(CC(=O)O[C@]2(CC)C(=O)OCc3c2cc2n(c3=O)Cc3c-2nc2ccc(OC(=O)N4CCC(N5CCCCC5)CC4)cc2c3CC)nn1)CCN(CCSCCNC(=O)CCC(NC(=O)c1ccc(NCc2cnc3nc(N)nc(O)c3n2)cc1)C(=O)O)C(=O)CC. The predicted octanol–water partition coefficient (Wildman–Crippen LogP) is 5.00. The second kappa shape index (κ2) is 36.1. The van der Waals surface area contributed by atoms with E-state index in [2.05, 4.69) is 56.4 Å². The van der Waals surface area contributed by atoms with Gasteiger partial charge in [0.1, 0.15) is 24.9 Å². The van der Waals surface area contributed by atoms with E-state index in [0.717, 1.165) is 42.4 Å². The molecular weight excluding hydrogens is 1410 g/mol. The molecule has 0 radical (unpaired) electrons. The Labute approximate surface area is 626 Å². The average Bonchev–Trinajstić information content (AvgIpc) is 1.50. The molecule has 2 fully saturated rings. The number of esters is 2. The highest BCUT2D eigenvalue weighted by Gasteiger charge is 2.51. The Morgan fingerprint density at radius 1 is 0.815 bits per heavy atom. The van der Waals surface area contributed by atoms with E-state index >= 15 is 0 Å². The lowest BCUT2D eigenvalue weighted by Crippen LogP contribution is -2.48. The van der Waals surface area contributed by atoms with Crippen LogP contribution in [0.25, 0.3) is 33.5 Å². The van der Waals surface area contributed by atoms with E-state index in [1.165, 1.54) is 54.0 Å². The van der Waals surface area contributed by atoms with E-state index in [1.54, 1.807) is 76.6 Å². The first kappa shape index (κ1) is 78.2. The van der Waals surface area contributed by atoms with Gasteiger partial charge in [0, 0.05) is 130 Å². The number of amides is 6. The van der Waals surface area contributed by atoms with E-state index in [4.69, 9.17) is 24.9 Å². The maximum atomic E-state index is 14.5. The Balaban J connectivity index is 0.584. The highest BCUT2D eigenvalue weighted by Crippen LogP contribution is 2.43. The minimum Gasteiger partial charge on any atom is -0.492 e. The summed E-state index contributed by atoms with van der Waals surface area (Å²) >= 11 is 1.50. The number of carboxylic acid groups (broad SMARTS) is 1. The van der Waals surface area contributed by atoms with Crippen molar-refractivity contribution in [1.82, 2.24) is 80.0 Å². The van der Waals surface area contributed by atoms with Crippen LogP contribution in [0.5, 0.6) is 11.6 Å². The summed E-state index contributed by atoms with van der Waals surface area (Å²) in [6.07, 6.45) is 9.64. The van der Waals surface area contributed by atoms with Crippen molar-refractivity contribution in [2.75, 3.05) is 88.0 Å². The third-order valence-corrected chi connectivity index (χ3v) is 21.0. The number of likely N-dealkylation sites (tertiary alicyclic amines) is 2. The number of ether oxygens (including phenoxy) is 3. The van der Waals surface area contributed by atoms with Gasteiger partial charge in [-0.1, -0.05) is 39.3 Å². The van der Waals surface area contributed by atoms with Crippen molar-refractivity contribution < 1.29 is 67.6 Å². The zero-order chi connectivity index (χ0) is 76.6. The van der Waals surface area contributed by atoms with Crippen molar-refractivity contribution in [1.29, 1.82) is 0 Å². The summed E-state index contributed by atoms with van der Waals surface area (Å²) in [4.78, 5) is 162. The maximum Gasteiger partial charge on any atom is 0.415 e. The van der Waals surface area contributed by atoms with Gasteiger partial charge in [0.2, 0.25) is 41.1 Å². The number of aromatic nitrogens is 9. The van der Waals surface area contributed by atoms with Crippen LogP contribution in [-0.4, -0.2) is 217 Å². The average molecular weight is 1510 g/mol. The number of carbonyl (C=O) groups excluding carboxylic acids is 8. The van der Waals surface area contributed by atoms with Gasteiger partial charge < -0.3 is 75.6 Å². The molecule has 8 N–H and O–H groups in total. The smallest absolute Gasteiger partial charge is 0.415 e. The van der Waals surface area contributed by atoms with Crippen LogP contribution in [0.2, 0.25) is 0 Å². The number of thioether (sulfide) groups is 1. The normalized spacial score (nSPS) is 15.8. The topological polar surface area (TPSA) is 426 Å². The van der Waals surface area contributed by atoms with Gasteiger partial charge in [-0.05, 0) is 125 Å². The molecule has 2 saturated heterocycles. The Hall–Kier alpha value is -10.9. The molecule has 7 aromatic rings. The molecule has 11 rings (SSSR count). The molecule has 0 spiro atoms.